The average molecular weight is 485 g/mol. The lowest BCUT2D eigenvalue weighted by atomic mass is 10.2. The van der Waals surface area contributed by atoms with Gasteiger partial charge in [-0.3, -0.25) is 14.4 Å². The fourth-order valence-electron chi connectivity index (χ4n) is 3.23. The first-order valence-electron chi connectivity index (χ1n) is 11.0. The monoisotopic (exact) mass is 484 g/mol. The van der Waals surface area contributed by atoms with Crippen LogP contribution in [0.4, 0.5) is 5.69 Å². The molecule has 0 spiro atoms. The number of hydrazone groups is 1. The highest BCUT2D eigenvalue weighted by atomic mass is 16.5. The molecule has 0 aromatic heterocycles. The van der Waals surface area contributed by atoms with Crippen molar-refractivity contribution in [3.05, 3.63) is 48.0 Å². The third-order valence-electron chi connectivity index (χ3n) is 5.00. The predicted octanol–water partition coefficient (Wildman–Crippen LogP) is 1.47. The van der Waals surface area contributed by atoms with Gasteiger partial charge < -0.3 is 29.6 Å². The fourth-order valence-corrected chi connectivity index (χ4v) is 3.23. The van der Waals surface area contributed by atoms with Gasteiger partial charge in [-0.1, -0.05) is 6.07 Å². The zero-order chi connectivity index (χ0) is 25.0. The molecule has 0 aliphatic carbocycles. The van der Waals surface area contributed by atoms with E-state index in [9.17, 15) is 14.4 Å². The van der Waals surface area contributed by atoms with E-state index in [1.165, 1.54) is 13.3 Å². The Balaban J connectivity index is 1.47. The predicted molar refractivity (Wildman–Crippen MR) is 128 cm³/mol. The van der Waals surface area contributed by atoms with E-state index < -0.39 is 11.8 Å². The Kier molecular flexibility index (Phi) is 9.43. The maximum absolute atomic E-state index is 12.2. The second kappa shape index (κ2) is 12.9. The first-order chi connectivity index (χ1) is 17.0. The average Bonchev–Trinajstić information content (AvgIpc) is 3.40. The molecule has 0 unspecified atom stereocenters. The number of nitrogens with zero attached hydrogens (tertiary/aromatic N) is 1. The van der Waals surface area contributed by atoms with Crippen LogP contribution in [0, 0.1) is 0 Å². The topological polar surface area (TPSA) is 137 Å². The van der Waals surface area contributed by atoms with Crippen molar-refractivity contribution in [1.82, 2.24) is 10.7 Å². The highest BCUT2D eigenvalue weighted by Gasteiger charge is 2.19. The van der Waals surface area contributed by atoms with Crippen molar-refractivity contribution >= 4 is 29.6 Å². The number of benzene rings is 2. The van der Waals surface area contributed by atoms with Gasteiger partial charge >= 0.3 is 11.8 Å². The van der Waals surface area contributed by atoms with Crippen LogP contribution in [0.1, 0.15) is 18.4 Å². The van der Waals surface area contributed by atoms with E-state index in [4.69, 9.17) is 18.9 Å². The summed E-state index contributed by atoms with van der Waals surface area (Å²) in [5.41, 5.74) is 3.33. The third kappa shape index (κ3) is 8.00. The van der Waals surface area contributed by atoms with Gasteiger partial charge in [-0.05, 0) is 48.7 Å². The lowest BCUT2D eigenvalue weighted by Crippen LogP contribution is -2.41. The lowest BCUT2D eigenvalue weighted by molar-refractivity contribution is -0.139. The van der Waals surface area contributed by atoms with E-state index in [-0.39, 0.29) is 25.2 Å². The van der Waals surface area contributed by atoms with Crippen LogP contribution in [-0.2, 0) is 19.1 Å². The number of nitrogens with one attached hydrogen (secondary N) is 3. The Hall–Kier alpha value is -4.12. The largest absolute Gasteiger partial charge is 0.497 e. The lowest BCUT2D eigenvalue weighted by Gasteiger charge is -2.12. The smallest absolute Gasteiger partial charge is 0.329 e. The minimum Gasteiger partial charge on any atom is -0.497 e. The highest BCUT2D eigenvalue weighted by Crippen LogP contribution is 2.27. The van der Waals surface area contributed by atoms with Crippen LogP contribution >= 0.6 is 0 Å². The molecule has 1 aliphatic heterocycles. The quantitative estimate of drug-likeness (QED) is 0.264. The zero-order valence-electron chi connectivity index (χ0n) is 19.5. The maximum Gasteiger partial charge on any atom is 0.329 e. The van der Waals surface area contributed by atoms with Crippen LogP contribution in [0.5, 0.6) is 17.2 Å². The van der Waals surface area contributed by atoms with Crippen molar-refractivity contribution in [3.8, 4) is 17.2 Å². The molecule has 3 rings (SSSR count). The molecule has 3 amide bonds. The van der Waals surface area contributed by atoms with Crippen LogP contribution in [0.2, 0.25) is 0 Å². The molecule has 1 heterocycles. The second-order valence-electron chi connectivity index (χ2n) is 7.52. The molecule has 1 atom stereocenters. The van der Waals surface area contributed by atoms with Crippen molar-refractivity contribution in [2.45, 2.75) is 18.9 Å². The Bertz CT molecular complexity index is 1070. The summed E-state index contributed by atoms with van der Waals surface area (Å²) in [6.07, 6.45) is 3.10. The van der Waals surface area contributed by atoms with Gasteiger partial charge in [0.2, 0.25) is 0 Å². The van der Waals surface area contributed by atoms with Crippen LogP contribution < -0.4 is 30.3 Å². The molecule has 2 aromatic carbocycles. The summed E-state index contributed by atoms with van der Waals surface area (Å²) in [4.78, 5) is 35.9. The Morgan fingerprint density at radius 1 is 1.09 bits per heavy atom. The molecule has 0 saturated carbocycles. The van der Waals surface area contributed by atoms with E-state index >= 15 is 0 Å². The summed E-state index contributed by atoms with van der Waals surface area (Å²) < 4.78 is 21.4. The number of amides is 3. The molecular weight excluding hydrogens is 456 g/mol. The van der Waals surface area contributed by atoms with Crippen LogP contribution in [0.15, 0.2) is 47.6 Å². The van der Waals surface area contributed by atoms with Crippen molar-refractivity contribution in [3.63, 3.8) is 0 Å². The van der Waals surface area contributed by atoms with Crippen LogP contribution in [0.25, 0.3) is 0 Å². The first-order valence-corrected chi connectivity index (χ1v) is 11.0. The molecule has 0 bridgehead atoms. The maximum atomic E-state index is 12.2. The van der Waals surface area contributed by atoms with Gasteiger partial charge in [0.05, 0.1) is 26.5 Å². The normalized spacial score (nSPS) is 14.9. The summed E-state index contributed by atoms with van der Waals surface area (Å²) in [5.74, 6) is -0.685. The zero-order valence-corrected chi connectivity index (χ0v) is 19.5. The van der Waals surface area contributed by atoms with Gasteiger partial charge in [-0.2, -0.15) is 5.10 Å². The minimum atomic E-state index is -0.881. The standard InChI is InChI=1S/C24H28N4O7/c1-32-18-6-3-5-17(12-18)27-22(29)15-35-20-9-8-16(11-21(20)33-2)13-26-28-24(31)23(30)25-14-19-7-4-10-34-19/h3,5-6,8-9,11-13,19H,4,7,10,14-15H2,1-2H3,(H,25,30)(H,27,29)(H,28,31)/b26-13-/t19-/m1/s1. The molecule has 0 radical (unpaired) electrons. The van der Waals surface area contributed by atoms with E-state index in [0.717, 1.165) is 12.8 Å². The van der Waals surface area contributed by atoms with E-state index in [2.05, 4.69) is 21.2 Å². The Morgan fingerprint density at radius 3 is 2.69 bits per heavy atom. The minimum absolute atomic E-state index is 0.0589. The summed E-state index contributed by atoms with van der Waals surface area (Å²) in [5, 5.41) is 9.04. The molecule has 1 fully saturated rings. The van der Waals surface area contributed by atoms with Gasteiger partial charge in [-0.15, -0.1) is 0 Å². The van der Waals surface area contributed by atoms with Crippen molar-refractivity contribution in [2.24, 2.45) is 5.10 Å². The Labute approximate surface area is 202 Å². The number of rotatable bonds is 10. The first kappa shape index (κ1) is 25.5. The molecular formula is C24H28N4O7. The fraction of sp³-hybridized carbons (Fsp3) is 0.333. The molecule has 11 heteroatoms. The summed E-state index contributed by atoms with van der Waals surface area (Å²) in [6.45, 7) is 0.713. The van der Waals surface area contributed by atoms with Crippen molar-refractivity contribution < 1.29 is 33.3 Å². The van der Waals surface area contributed by atoms with Crippen LogP contribution in [0.3, 0.4) is 0 Å². The van der Waals surface area contributed by atoms with Crippen molar-refractivity contribution in [2.75, 3.05) is 39.3 Å². The second-order valence-corrected chi connectivity index (χ2v) is 7.52. The molecule has 1 saturated heterocycles. The van der Waals surface area contributed by atoms with Gasteiger partial charge in [0.1, 0.15) is 5.75 Å². The number of anilines is 1. The number of methoxy groups -OCH3 is 2. The van der Waals surface area contributed by atoms with Gasteiger partial charge in [-0.25, -0.2) is 5.43 Å². The number of hydrogen-bond donors (Lipinski definition) is 3. The summed E-state index contributed by atoms with van der Waals surface area (Å²) in [6, 6.07) is 11.8. The van der Waals surface area contributed by atoms with Crippen LogP contribution in [-0.4, -0.2) is 64.0 Å². The number of ether oxygens (including phenoxy) is 4. The van der Waals surface area contributed by atoms with Gasteiger partial charge in [0, 0.05) is 24.9 Å². The number of hydrogen-bond acceptors (Lipinski definition) is 8. The Morgan fingerprint density at radius 2 is 1.94 bits per heavy atom. The summed E-state index contributed by atoms with van der Waals surface area (Å²) in [7, 11) is 3.00. The molecule has 11 nitrogen and oxygen atoms in total. The van der Waals surface area contributed by atoms with Gasteiger partial charge in [0.15, 0.2) is 18.1 Å². The number of carbonyl (C=O) groups is 3. The molecule has 3 N–H and O–H groups in total. The number of carbonyl (C=O) groups excluding carboxylic acids is 3. The molecule has 186 valence electrons. The van der Waals surface area contributed by atoms with E-state index in [1.54, 1.807) is 49.6 Å². The highest BCUT2D eigenvalue weighted by molar-refractivity contribution is 6.35. The van der Waals surface area contributed by atoms with E-state index in [1.807, 2.05) is 0 Å². The SMILES string of the molecule is COc1cccc(NC(=O)COc2ccc(/C=N\NC(=O)C(=O)NC[C@H]3CCCO3)cc2OC)c1. The third-order valence-corrected chi connectivity index (χ3v) is 5.00. The molecule has 2 aromatic rings. The van der Waals surface area contributed by atoms with Crippen molar-refractivity contribution in [1.29, 1.82) is 0 Å². The van der Waals surface area contributed by atoms with Gasteiger partial charge in [0.25, 0.3) is 5.91 Å². The molecule has 35 heavy (non-hydrogen) atoms. The van der Waals surface area contributed by atoms with E-state index in [0.29, 0.717) is 35.1 Å². The summed E-state index contributed by atoms with van der Waals surface area (Å²) >= 11 is 0. The molecule has 1 aliphatic rings.